The number of aromatic nitrogens is 3. The average molecular weight is 398 g/mol. The van der Waals surface area contributed by atoms with Crippen LogP contribution in [0.15, 0.2) is 43.0 Å². The molecule has 1 N–H and O–H groups in total. The van der Waals surface area contributed by atoms with Gasteiger partial charge in [0.1, 0.15) is 23.1 Å². The summed E-state index contributed by atoms with van der Waals surface area (Å²) >= 11 is -1.15. The molecule has 1 fully saturated rings. The number of benzene rings is 1. The molecule has 0 amide bonds. The Balaban J connectivity index is 1.69. The van der Waals surface area contributed by atoms with Gasteiger partial charge in [-0.2, -0.15) is 0 Å². The van der Waals surface area contributed by atoms with Gasteiger partial charge in [-0.3, -0.25) is 4.98 Å². The normalized spacial score (nSPS) is 15.8. The van der Waals surface area contributed by atoms with E-state index >= 15 is 0 Å². The fraction of sp³-hybridized carbons (Fsp3) is 0.350. The molecule has 0 aliphatic carbocycles. The summed E-state index contributed by atoms with van der Waals surface area (Å²) in [6.07, 6.45) is 5.11. The Hall–Kier alpha value is -2.42. The van der Waals surface area contributed by atoms with Crippen LogP contribution in [0.4, 0.5) is 11.5 Å². The van der Waals surface area contributed by atoms with E-state index in [0.717, 1.165) is 46.6 Å². The summed E-state index contributed by atoms with van der Waals surface area (Å²) in [7, 11) is 0. The summed E-state index contributed by atoms with van der Waals surface area (Å²) in [5, 5.41) is 1.03. The molecule has 1 aliphatic rings. The molecule has 0 saturated carbocycles. The zero-order valence-corrected chi connectivity index (χ0v) is 16.8. The van der Waals surface area contributed by atoms with Crippen LogP contribution in [-0.4, -0.2) is 51.1 Å². The molecule has 28 heavy (non-hydrogen) atoms. The lowest BCUT2D eigenvalue weighted by atomic mass is 10.0. The van der Waals surface area contributed by atoms with Crippen molar-refractivity contribution in [3.63, 3.8) is 0 Å². The first-order valence-corrected chi connectivity index (χ1v) is 10.5. The zero-order valence-electron chi connectivity index (χ0n) is 16.0. The van der Waals surface area contributed by atoms with Gasteiger partial charge in [-0.1, -0.05) is 6.07 Å². The van der Waals surface area contributed by atoms with Crippen molar-refractivity contribution in [3.8, 4) is 11.1 Å². The van der Waals surface area contributed by atoms with Gasteiger partial charge in [-0.25, -0.2) is 14.7 Å². The van der Waals surface area contributed by atoms with Crippen molar-refractivity contribution >= 4 is 33.8 Å². The lowest BCUT2D eigenvalue weighted by molar-refractivity contribution is 0.122. The minimum atomic E-state index is -1.15. The highest BCUT2D eigenvalue weighted by molar-refractivity contribution is 7.93. The second-order valence-corrected chi connectivity index (χ2v) is 8.68. The van der Waals surface area contributed by atoms with Crippen LogP contribution in [0.1, 0.15) is 13.8 Å². The molecule has 1 unspecified atom stereocenters. The van der Waals surface area contributed by atoms with Gasteiger partial charge in [0, 0.05) is 30.2 Å². The predicted molar refractivity (Wildman–Crippen MR) is 113 cm³/mol. The highest BCUT2D eigenvalue weighted by atomic mass is 32.2. The second kappa shape index (κ2) is 8.30. The molecule has 0 bridgehead atoms. The summed E-state index contributed by atoms with van der Waals surface area (Å²) in [5.41, 5.74) is 3.61. The molecule has 8 heteroatoms. The van der Waals surface area contributed by atoms with E-state index in [0.29, 0.717) is 13.2 Å². The van der Waals surface area contributed by atoms with Crippen LogP contribution in [0.5, 0.6) is 0 Å². The summed E-state index contributed by atoms with van der Waals surface area (Å²) in [6.45, 7) is 6.87. The standard InChI is InChI=1S/C20H23N5O2S/c1-14(2)28(26)24-17-9-16(11-21-12-17)15-3-4-19-18(10-15)20(23-13-22-19)25-5-7-27-8-6-25/h3-4,9-14,24H,5-8H2,1-2H3. The lowest BCUT2D eigenvalue weighted by Crippen LogP contribution is -2.36. The molecule has 0 radical (unpaired) electrons. The van der Waals surface area contributed by atoms with Crippen molar-refractivity contribution in [1.29, 1.82) is 0 Å². The Bertz CT molecular complexity index is 962. The highest BCUT2D eigenvalue weighted by Crippen LogP contribution is 2.30. The van der Waals surface area contributed by atoms with Crippen LogP contribution in [0.3, 0.4) is 0 Å². The first kappa shape index (κ1) is 18.9. The molecule has 3 heterocycles. The van der Waals surface area contributed by atoms with Gasteiger partial charge in [0.25, 0.3) is 0 Å². The molecular weight excluding hydrogens is 374 g/mol. The third-order valence-electron chi connectivity index (χ3n) is 4.64. The van der Waals surface area contributed by atoms with Gasteiger partial charge in [-0.15, -0.1) is 0 Å². The fourth-order valence-corrected chi connectivity index (χ4v) is 3.72. The van der Waals surface area contributed by atoms with E-state index in [2.05, 4.69) is 30.6 Å². The smallest absolute Gasteiger partial charge is 0.140 e. The van der Waals surface area contributed by atoms with Crippen molar-refractivity contribution in [1.82, 2.24) is 15.0 Å². The van der Waals surface area contributed by atoms with Crippen LogP contribution in [0, 0.1) is 0 Å². The van der Waals surface area contributed by atoms with Crippen LogP contribution in [0.2, 0.25) is 0 Å². The van der Waals surface area contributed by atoms with Gasteiger partial charge in [0.2, 0.25) is 0 Å². The predicted octanol–water partition coefficient (Wildman–Crippen LogP) is 3.01. The minimum Gasteiger partial charge on any atom is -0.593 e. The van der Waals surface area contributed by atoms with E-state index in [1.165, 1.54) is 0 Å². The van der Waals surface area contributed by atoms with Gasteiger partial charge in [-0.05, 0) is 37.6 Å². The zero-order chi connectivity index (χ0) is 19.5. The molecule has 146 valence electrons. The lowest BCUT2D eigenvalue weighted by Gasteiger charge is -2.28. The molecule has 2 aromatic heterocycles. The number of rotatable bonds is 5. The Morgan fingerprint density at radius 2 is 1.93 bits per heavy atom. The van der Waals surface area contributed by atoms with Gasteiger partial charge in [0.15, 0.2) is 0 Å². The van der Waals surface area contributed by atoms with E-state index in [1.54, 1.807) is 12.5 Å². The monoisotopic (exact) mass is 397 g/mol. The summed E-state index contributed by atoms with van der Waals surface area (Å²) in [4.78, 5) is 15.5. The Kier molecular flexibility index (Phi) is 5.61. The molecule has 1 aromatic carbocycles. The Morgan fingerprint density at radius 3 is 2.71 bits per heavy atom. The van der Waals surface area contributed by atoms with Crippen molar-refractivity contribution in [2.45, 2.75) is 19.1 Å². The van der Waals surface area contributed by atoms with Crippen molar-refractivity contribution in [2.75, 3.05) is 35.9 Å². The second-order valence-electron chi connectivity index (χ2n) is 6.94. The number of hydrogen-bond acceptors (Lipinski definition) is 7. The van der Waals surface area contributed by atoms with Crippen LogP contribution >= 0.6 is 0 Å². The van der Waals surface area contributed by atoms with E-state index < -0.39 is 11.4 Å². The molecule has 7 nitrogen and oxygen atoms in total. The number of anilines is 2. The van der Waals surface area contributed by atoms with Gasteiger partial charge >= 0.3 is 0 Å². The summed E-state index contributed by atoms with van der Waals surface area (Å²) in [5.74, 6) is 0.929. The van der Waals surface area contributed by atoms with Crippen LogP contribution in [0.25, 0.3) is 22.0 Å². The number of ether oxygens (including phenoxy) is 1. The number of hydrogen-bond donors (Lipinski definition) is 1. The number of morpholine rings is 1. The van der Waals surface area contributed by atoms with Crippen LogP contribution in [-0.2, 0) is 16.1 Å². The molecule has 1 saturated heterocycles. The number of fused-ring (bicyclic) bond motifs is 1. The van der Waals surface area contributed by atoms with Crippen molar-refractivity contribution in [2.24, 2.45) is 0 Å². The molecule has 4 rings (SSSR count). The maximum Gasteiger partial charge on any atom is 0.140 e. The molecule has 1 aliphatic heterocycles. The SMILES string of the molecule is CC(C)[S+]([O-])Nc1cncc(-c2ccc3ncnc(N4CCOCC4)c3c2)c1. The first-order valence-electron chi connectivity index (χ1n) is 9.32. The summed E-state index contributed by atoms with van der Waals surface area (Å²) < 4.78 is 20.6. The number of nitrogens with zero attached hydrogens (tertiary/aromatic N) is 4. The molecule has 0 spiro atoms. The van der Waals surface area contributed by atoms with E-state index in [9.17, 15) is 4.55 Å². The van der Waals surface area contributed by atoms with E-state index in [-0.39, 0.29) is 5.25 Å². The average Bonchev–Trinajstić information content (AvgIpc) is 2.73. The summed E-state index contributed by atoms with van der Waals surface area (Å²) in [6, 6.07) is 8.09. The van der Waals surface area contributed by atoms with E-state index in [1.807, 2.05) is 38.2 Å². The van der Waals surface area contributed by atoms with Crippen molar-refractivity contribution < 1.29 is 9.29 Å². The quantitative estimate of drug-likeness (QED) is 0.662. The maximum atomic E-state index is 12.1. The third kappa shape index (κ3) is 4.04. The number of nitrogens with one attached hydrogen (secondary N) is 1. The molecule has 1 atom stereocenters. The van der Waals surface area contributed by atoms with Gasteiger partial charge in [0.05, 0.1) is 36.3 Å². The fourth-order valence-electron chi connectivity index (χ4n) is 3.14. The minimum absolute atomic E-state index is 0.0255. The molecular formula is C20H23N5O2S. The Labute approximate surface area is 167 Å². The maximum absolute atomic E-state index is 12.1. The first-order chi connectivity index (χ1) is 13.6. The van der Waals surface area contributed by atoms with Crippen molar-refractivity contribution in [3.05, 3.63) is 43.0 Å². The van der Waals surface area contributed by atoms with Crippen LogP contribution < -0.4 is 9.62 Å². The largest absolute Gasteiger partial charge is 0.593 e. The van der Waals surface area contributed by atoms with E-state index in [4.69, 9.17) is 4.74 Å². The van der Waals surface area contributed by atoms with Gasteiger partial charge < -0.3 is 14.2 Å². The Morgan fingerprint density at radius 1 is 1.11 bits per heavy atom. The highest BCUT2D eigenvalue weighted by Gasteiger charge is 2.17. The molecule has 3 aromatic rings. The third-order valence-corrected chi connectivity index (χ3v) is 5.94. The number of pyridine rings is 1. The topological polar surface area (TPSA) is 86.2 Å².